The molecule has 0 radical (unpaired) electrons. The number of phenolic OH excluding ortho intramolecular Hbond substituents is 1. The number of hydrogen-bond acceptors (Lipinski definition) is 4. The van der Waals surface area contributed by atoms with E-state index in [0.29, 0.717) is 47.1 Å². The number of Topliss-reactive ketones (excluding diaryl/α,β-unsaturated/α-hetero) is 1. The minimum Gasteiger partial charge on any atom is -0.507 e. The SMILES string of the molecule is Cc1c(Cl)c(C)c(CCC(C)CCCC(C)C2CC(=O)C(C)(C)O2)c(O)c1C=O. The second-order valence-electron chi connectivity index (χ2n) is 9.27. The molecule has 0 amide bonds. The predicted molar refractivity (Wildman–Crippen MR) is 117 cm³/mol. The van der Waals surface area contributed by atoms with Crippen molar-refractivity contribution in [3.63, 3.8) is 0 Å². The number of phenols is 1. The van der Waals surface area contributed by atoms with Gasteiger partial charge < -0.3 is 9.84 Å². The molecular weight excluding hydrogens is 388 g/mol. The van der Waals surface area contributed by atoms with E-state index >= 15 is 0 Å². The summed E-state index contributed by atoms with van der Waals surface area (Å²) in [6.07, 6.45) is 6.05. The minimum atomic E-state index is -0.637. The molecule has 1 aliphatic rings. The van der Waals surface area contributed by atoms with Crippen LogP contribution in [-0.4, -0.2) is 28.9 Å². The van der Waals surface area contributed by atoms with Crippen LogP contribution in [0.25, 0.3) is 0 Å². The van der Waals surface area contributed by atoms with Crippen molar-refractivity contribution in [3.8, 4) is 5.75 Å². The first kappa shape index (κ1) is 23.9. The average Bonchev–Trinajstić information content (AvgIpc) is 2.93. The van der Waals surface area contributed by atoms with E-state index in [2.05, 4.69) is 13.8 Å². The summed E-state index contributed by atoms with van der Waals surface area (Å²) in [5, 5.41) is 11.1. The van der Waals surface area contributed by atoms with E-state index in [0.717, 1.165) is 36.8 Å². The predicted octanol–water partition coefficient (Wildman–Crippen LogP) is 5.99. The normalized spacial score (nSPS) is 20.7. The number of rotatable bonds is 9. The molecule has 0 spiro atoms. The molecule has 4 nitrogen and oxygen atoms in total. The van der Waals surface area contributed by atoms with Gasteiger partial charge in [-0.05, 0) is 75.5 Å². The average molecular weight is 423 g/mol. The number of halogens is 1. The lowest BCUT2D eigenvalue weighted by Gasteiger charge is -2.23. The second-order valence-corrected chi connectivity index (χ2v) is 9.65. The van der Waals surface area contributed by atoms with Crippen LogP contribution in [0.1, 0.15) is 86.8 Å². The van der Waals surface area contributed by atoms with Crippen molar-refractivity contribution < 1.29 is 19.4 Å². The summed E-state index contributed by atoms with van der Waals surface area (Å²) in [6, 6.07) is 0. The van der Waals surface area contributed by atoms with Crippen LogP contribution in [-0.2, 0) is 16.0 Å². The Morgan fingerprint density at radius 3 is 2.41 bits per heavy atom. The number of aldehydes is 1. The summed E-state index contributed by atoms with van der Waals surface area (Å²) in [5.41, 5.74) is 1.94. The van der Waals surface area contributed by atoms with Crippen LogP contribution in [0, 0.1) is 25.7 Å². The Morgan fingerprint density at radius 1 is 1.21 bits per heavy atom. The maximum absolute atomic E-state index is 12.0. The van der Waals surface area contributed by atoms with Crippen molar-refractivity contribution in [1.82, 2.24) is 0 Å². The zero-order valence-electron chi connectivity index (χ0n) is 18.6. The number of ketones is 1. The third kappa shape index (κ3) is 5.40. The molecule has 1 fully saturated rings. The Morgan fingerprint density at radius 2 is 1.86 bits per heavy atom. The zero-order chi connectivity index (χ0) is 21.9. The molecular formula is C24H35ClO4. The van der Waals surface area contributed by atoms with E-state index in [1.165, 1.54) is 0 Å². The van der Waals surface area contributed by atoms with Crippen LogP contribution in [0.15, 0.2) is 0 Å². The molecule has 1 aliphatic heterocycles. The lowest BCUT2D eigenvalue weighted by molar-refractivity contribution is -0.130. The van der Waals surface area contributed by atoms with E-state index in [1.54, 1.807) is 6.92 Å². The molecule has 0 aliphatic carbocycles. The molecule has 162 valence electrons. The molecule has 0 bridgehead atoms. The number of hydrogen-bond donors (Lipinski definition) is 1. The van der Waals surface area contributed by atoms with Gasteiger partial charge in [0.2, 0.25) is 0 Å². The van der Waals surface area contributed by atoms with Gasteiger partial charge in [-0.3, -0.25) is 9.59 Å². The van der Waals surface area contributed by atoms with Gasteiger partial charge in [0.25, 0.3) is 0 Å². The number of aromatic hydroxyl groups is 1. The molecule has 0 saturated carbocycles. The third-order valence-corrected chi connectivity index (χ3v) is 7.12. The maximum atomic E-state index is 12.0. The van der Waals surface area contributed by atoms with Gasteiger partial charge in [-0.15, -0.1) is 0 Å². The Labute approximate surface area is 180 Å². The van der Waals surface area contributed by atoms with E-state index < -0.39 is 5.60 Å². The molecule has 2 rings (SSSR count). The van der Waals surface area contributed by atoms with Gasteiger partial charge in [0, 0.05) is 11.4 Å². The molecule has 1 N–H and O–H groups in total. The number of ether oxygens (including phenoxy) is 1. The molecule has 29 heavy (non-hydrogen) atoms. The highest BCUT2D eigenvalue weighted by atomic mass is 35.5. The number of carbonyl (C=O) groups is 2. The van der Waals surface area contributed by atoms with Crippen LogP contribution in [0.3, 0.4) is 0 Å². The summed E-state index contributed by atoms with van der Waals surface area (Å²) >= 11 is 6.36. The Bertz CT molecular complexity index is 769. The van der Waals surface area contributed by atoms with Gasteiger partial charge in [-0.2, -0.15) is 0 Å². The number of benzene rings is 1. The van der Waals surface area contributed by atoms with Crippen LogP contribution in [0.2, 0.25) is 5.02 Å². The molecule has 1 aromatic rings. The van der Waals surface area contributed by atoms with Gasteiger partial charge in [0.15, 0.2) is 12.1 Å². The summed E-state index contributed by atoms with van der Waals surface area (Å²) in [5.74, 6) is 1.13. The molecule has 1 aromatic carbocycles. The van der Waals surface area contributed by atoms with Crippen LogP contribution < -0.4 is 0 Å². The van der Waals surface area contributed by atoms with Gasteiger partial charge in [0.1, 0.15) is 11.4 Å². The fourth-order valence-corrected chi connectivity index (χ4v) is 4.46. The Kier molecular flexibility index (Phi) is 7.92. The third-order valence-electron chi connectivity index (χ3n) is 6.56. The Balaban J connectivity index is 1.85. The van der Waals surface area contributed by atoms with Gasteiger partial charge >= 0.3 is 0 Å². The lowest BCUT2D eigenvalue weighted by atomic mass is 9.89. The number of carbonyl (C=O) groups excluding carboxylic acids is 2. The van der Waals surface area contributed by atoms with Gasteiger partial charge in [0.05, 0.1) is 11.7 Å². The minimum absolute atomic E-state index is 0.0314. The monoisotopic (exact) mass is 422 g/mol. The molecule has 3 unspecified atom stereocenters. The summed E-state index contributed by atoms with van der Waals surface area (Å²) in [7, 11) is 0. The van der Waals surface area contributed by atoms with Crippen LogP contribution in [0.4, 0.5) is 0 Å². The Hall–Kier alpha value is -1.39. The van der Waals surface area contributed by atoms with Crippen molar-refractivity contribution in [2.75, 3.05) is 0 Å². The van der Waals surface area contributed by atoms with E-state index in [1.807, 2.05) is 20.8 Å². The fourth-order valence-electron chi connectivity index (χ4n) is 4.24. The molecule has 1 heterocycles. The highest BCUT2D eigenvalue weighted by Gasteiger charge is 2.41. The van der Waals surface area contributed by atoms with Crippen molar-refractivity contribution in [2.45, 2.75) is 91.8 Å². The van der Waals surface area contributed by atoms with Crippen LogP contribution >= 0.6 is 11.6 Å². The van der Waals surface area contributed by atoms with E-state index in [-0.39, 0.29) is 17.6 Å². The lowest BCUT2D eigenvalue weighted by Crippen LogP contribution is -2.28. The van der Waals surface area contributed by atoms with Crippen molar-refractivity contribution >= 4 is 23.7 Å². The second kappa shape index (κ2) is 9.61. The first-order chi connectivity index (χ1) is 13.5. The first-order valence-corrected chi connectivity index (χ1v) is 11.0. The molecule has 1 saturated heterocycles. The maximum Gasteiger partial charge on any atom is 0.166 e. The zero-order valence-corrected chi connectivity index (χ0v) is 19.4. The smallest absolute Gasteiger partial charge is 0.166 e. The first-order valence-electron chi connectivity index (χ1n) is 10.7. The summed E-state index contributed by atoms with van der Waals surface area (Å²) in [4.78, 5) is 23.3. The summed E-state index contributed by atoms with van der Waals surface area (Å²) < 4.78 is 5.94. The van der Waals surface area contributed by atoms with E-state index in [4.69, 9.17) is 16.3 Å². The van der Waals surface area contributed by atoms with Gasteiger partial charge in [-0.1, -0.05) is 38.3 Å². The standard InChI is InChI=1S/C24H35ClO4/c1-14(8-7-9-15(2)20-12-21(27)24(5,6)29-20)10-11-18-16(3)22(25)17(4)19(13-26)23(18)28/h13-15,20,28H,7-12H2,1-6H3. The van der Waals surface area contributed by atoms with E-state index in [9.17, 15) is 14.7 Å². The van der Waals surface area contributed by atoms with Crippen molar-refractivity contribution in [3.05, 3.63) is 27.3 Å². The van der Waals surface area contributed by atoms with Gasteiger partial charge in [-0.25, -0.2) is 0 Å². The quantitative estimate of drug-likeness (QED) is 0.496. The van der Waals surface area contributed by atoms with Crippen molar-refractivity contribution in [1.29, 1.82) is 0 Å². The highest BCUT2D eigenvalue weighted by Crippen LogP contribution is 2.36. The molecule has 3 atom stereocenters. The summed E-state index contributed by atoms with van der Waals surface area (Å²) in [6.45, 7) is 11.8. The van der Waals surface area contributed by atoms with Crippen LogP contribution in [0.5, 0.6) is 5.75 Å². The topological polar surface area (TPSA) is 63.6 Å². The largest absolute Gasteiger partial charge is 0.507 e. The molecule has 5 heteroatoms. The highest BCUT2D eigenvalue weighted by molar-refractivity contribution is 6.32. The molecule has 0 aromatic heterocycles. The van der Waals surface area contributed by atoms with Crippen molar-refractivity contribution in [2.24, 2.45) is 11.8 Å². The fraction of sp³-hybridized carbons (Fsp3) is 0.667.